The van der Waals surface area contributed by atoms with Crippen LogP contribution in [-0.2, 0) is 0 Å². The number of nitrogens with one attached hydrogen (secondary N) is 2. The van der Waals surface area contributed by atoms with Crippen molar-refractivity contribution in [2.75, 3.05) is 0 Å². The Hall–Kier alpha value is -0.500. The second-order valence-electron chi connectivity index (χ2n) is 2.71. The molecule has 1 saturated heterocycles. The van der Waals surface area contributed by atoms with Gasteiger partial charge in [0.05, 0.1) is 0 Å². The highest BCUT2D eigenvalue weighted by molar-refractivity contribution is 4.89. The molecule has 2 N–H and O–H groups in total. The van der Waals surface area contributed by atoms with Crippen molar-refractivity contribution in [2.45, 2.75) is 30.9 Å². The lowest BCUT2D eigenvalue weighted by Crippen LogP contribution is -2.43. The normalized spacial score (nSPS) is 30.9. The summed E-state index contributed by atoms with van der Waals surface area (Å²) in [6.45, 7) is 0. The average molecular weight is 208 g/mol. The first-order valence-electron chi connectivity index (χ1n) is 3.36. The zero-order chi connectivity index (χ0) is 10.3. The van der Waals surface area contributed by atoms with Gasteiger partial charge in [-0.1, -0.05) is 0 Å². The van der Waals surface area contributed by atoms with E-state index in [9.17, 15) is 26.3 Å². The van der Waals surface area contributed by atoms with Crippen molar-refractivity contribution >= 4 is 0 Å². The Bertz CT molecular complexity index is 164. The number of hydrogen-bond donors (Lipinski definition) is 2. The average Bonchev–Trinajstić information content (AvgIpc) is 2.28. The van der Waals surface area contributed by atoms with Crippen LogP contribution in [0.4, 0.5) is 26.3 Å². The van der Waals surface area contributed by atoms with E-state index in [2.05, 4.69) is 0 Å². The maximum Gasteiger partial charge on any atom is 0.405 e. The van der Waals surface area contributed by atoms with Gasteiger partial charge in [-0.25, -0.2) is 10.9 Å². The molecule has 0 spiro atoms. The van der Waals surface area contributed by atoms with Gasteiger partial charge in [0.2, 0.25) is 0 Å². The molecule has 1 fully saturated rings. The van der Waals surface area contributed by atoms with Crippen LogP contribution in [0.25, 0.3) is 0 Å². The molecule has 1 rings (SSSR count). The first-order chi connectivity index (χ1) is 5.71. The van der Waals surface area contributed by atoms with Crippen molar-refractivity contribution in [3.63, 3.8) is 0 Å². The Balaban J connectivity index is 2.55. The molecule has 78 valence electrons. The topological polar surface area (TPSA) is 24.1 Å². The Morgan fingerprint density at radius 1 is 0.769 bits per heavy atom. The lowest BCUT2D eigenvalue weighted by molar-refractivity contribution is -0.163. The molecule has 0 aromatic carbocycles. The van der Waals surface area contributed by atoms with Gasteiger partial charge in [-0.15, -0.1) is 0 Å². The van der Waals surface area contributed by atoms with Gasteiger partial charge in [0.1, 0.15) is 12.1 Å². The number of hydrazine groups is 1. The van der Waals surface area contributed by atoms with Crippen molar-refractivity contribution in [1.82, 2.24) is 10.9 Å². The minimum absolute atomic E-state index is 1.02. The molecule has 1 aliphatic rings. The van der Waals surface area contributed by atoms with Gasteiger partial charge in [0.15, 0.2) is 0 Å². The predicted octanol–water partition coefficient (Wildman–Crippen LogP) is 1.35. The van der Waals surface area contributed by atoms with Gasteiger partial charge >= 0.3 is 12.4 Å². The third-order valence-electron chi connectivity index (χ3n) is 1.69. The van der Waals surface area contributed by atoms with E-state index in [4.69, 9.17) is 0 Å². The molecule has 0 radical (unpaired) electrons. The van der Waals surface area contributed by atoms with E-state index in [1.807, 2.05) is 0 Å². The van der Waals surface area contributed by atoms with Crippen LogP contribution in [-0.4, -0.2) is 24.4 Å². The Morgan fingerprint density at radius 2 is 1.08 bits per heavy atom. The smallest absolute Gasteiger partial charge is 0.245 e. The molecule has 2 unspecified atom stereocenters. The molecule has 0 bridgehead atoms. The van der Waals surface area contributed by atoms with Gasteiger partial charge < -0.3 is 0 Å². The monoisotopic (exact) mass is 208 g/mol. The Kier molecular flexibility index (Phi) is 2.46. The molecular formula is C5H6F6N2. The molecule has 0 aromatic rings. The van der Waals surface area contributed by atoms with Crippen LogP contribution in [0.5, 0.6) is 0 Å². The van der Waals surface area contributed by atoms with E-state index in [-0.39, 0.29) is 0 Å². The van der Waals surface area contributed by atoms with Crippen molar-refractivity contribution in [3.8, 4) is 0 Å². The highest BCUT2D eigenvalue weighted by atomic mass is 19.4. The lowest BCUT2D eigenvalue weighted by atomic mass is 10.1. The first kappa shape index (κ1) is 10.6. The summed E-state index contributed by atoms with van der Waals surface area (Å²) in [4.78, 5) is 0. The fraction of sp³-hybridized carbons (Fsp3) is 1.00. The first-order valence-corrected chi connectivity index (χ1v) is 3.36. The van der Waals surface area contributed by atoms with Gasteiger partial charge in [0, 0.05) is 0 Å². The minimum atomic E-state index is -4.65. The van der Waals surface area contributed by atoms with Crippen molar-refractivity contribution in [2.24, 2.45) is 0 Å². The van der Waals surface area contributed by atoms with Crippen molar-refractivity contribution < 1.29 is 26.3 Å². The third kappa shape index (κ3) is 2.47. The van der Waals surface area contributed by atoms with E-state index in [0.29, 0.717) is 0 Å². The lowest BCUT2D eigenvalue weighted by Gasteiger charge is -2.14. The molecule has 2 atom stereocenters. The Labute approximate surface area is 69.3 Å². The minimum Gasteiger partial charge on any atom is -0.245 e. The summed E-state index contributed by atoms with van der Waals surface area (Å²) in [7, 11) is 0. The standard InChI is InChI=1S/C5H6F6N2/c6-4(7,8)2-1-3(13-12-2)5(9,10)11/h2-3,12-13H,1H2. The molecular weight excluding hydrogens is 202 g/mol. The largest absolute Gasteiger partial charge is 0.405 e. The number of halogens is 6. The molecule has 8 heteroatoms. The summed E-state index contributed by atoms with van der Waals surface area (Å²) in [5.74, 6) is 0. The zero-order valence-corrected chi connectivity index (χ0v) is 6.13. The fourth-order valence-electron chi connectivity index (χ4n) is 0.986. The summed E-state index contributed by atoms with van der Waals surface area (Å²) in [6, 6.07) is -4.25. The van der Waals surface area contributed by atoms with E-state index in [1.165, 1.54) is 0 Å². The summed E-state index contributed by atoms with van der Waals surface area (Å²) < 4.78 is 71.1. The summed E-state index contributed by atoms with van der Waals surface area (Å²) >= 11 is 0. The molecule has 1 heterocycles. The van der Waals surface area contributed by atoms with Gasteiger partial charge in [0.25, 0.3) is 0 Å². The van der Waals surface area contributed by atoms with Crippen LogP contribution in [0.1, 0.15) is 6.42 Å². The molecule has 0 saturated carbocycles. The molecule has 0 aliphatic carbocycles. The highest BCUT2D eigenvalue weighted by Crippen LogP contribution is 2.31. The zero-order valence-electron chi connectivity index (χ0n) is 6.13. The van der Waals surface area contributed by atoms with Crippen LogP contribution in [0.15, 0.2) is 0 Å². The van der Waals surface area contributed by atoms with Crippen molar-refractivity contribution in [1.29, 1.82) is 0 Å². The van der Waals surface area contributed by atoms with Gasteiger partial charge in [-0.3, -0.25) is 0 Å². The second kappa shape index (κ2) is 3.02. The van der Waals surface area contributed by atoms with Crippen LogP contribution in [0.3, 0.4) is 0 Å². The van der Waals surface area contributed by atoms with Crippen LogP contribution >= 0.6 is 0 Å². The molecule has 0 amide bonds. The highest BCUT2D eigenvalue weighted by Gasteiger charge is 2.51. The van der Waals surface area contributed by atoms with Crippen molar-refractivity contribution in [3.05, 3.63) is 0 Å². The van der Waals surface area contributed by atoms with Crippen LogP contribution in [0.2, 0.25) is 0 Å². The number of rotatable bonds is 0. The second-order valence-corrected chi connectivity index (χ2v) is 2.71. The van der Waals surface area contributed by atoms with Crippen LogP contribution in [0, 0.1) is 0 Å². The number of hydrogen-bond acceptors (Lipinski definition) is 2. The summed E-state index contributed by atoms with van der Waals surface area (Å²) in [6.07, 6.45) is -10.3. The molecule has 2 nitrogen and oxygen atoms in total. The van der Waals surface area contributed by atoms with E-state index >= 15 is 0 Å². The maximum atomic E-state index is 11.9. The summed E-state index contributed by atoms with van der Waals surface area (Å²) in [5.41, 5.74) is 3.12. The SMILES string of the molecule is FC(F)(F)C1CC(C(F)(F)F)NN1. The predicted molar refractivity (Wildman–Crippen MR) is 30.6 cm³/mol. The third-order valence-corrected chi connectivity index (χ3v) is 1.69. The van der Waals surface area contributed by atoms with Gasteiger partial charge in [-0.05, 0) is 6.42 Å². The quantitative estimate of drug-likeness (QED) is 0.587. The fourth-order valence-corrected chi connectivity index (χ4v) is 0.986. The van der Waals surface area contributed by atoms with E-state index in [0.717, 1.165) is 0 Å². The maximum absolute atomic E-state index is 11.9. The summed E-state index contributed by atoms with van der Waals surface area (Å²) in [5, 5.41) is 0. The molecule has 13 heavy (non-hydrogen) atoms. The van der Waals surface area contributed by atoms with E-state index in [1.54, 1.807) is 10.9 Å². The molecule has 0 aromatic heterocycles. The van der Waals surface area contributed by atoms with Crippen LogP contribution < -0.4 is 10.9 Å². The van der Waals surface area contributed by atoms with E-state index < -0.39 is 30.9 Å². The van der Waals surface area contributed by atoms with Gasteiger partial charge in [-0.2, -0.15) is 26.3 Å². The molecule has 1 aliphatic heterocycles. The Morgan fingerprint density at radius 3 is 1.23 bits per heavy atom. The number of alkyl halides is 6.